The van der Waals surface area contributed by atoms with Crippen LogP contribution in [0.15, 0.2) is 12.4 Å². The lowest BCUT2D eigenvalue weighted by Gasteiger charge is -2.31. The molecule has 1 saturated heterocycles. The molecular weight excluding hydrogens is 261 g/mol. The molecule has 2 heterocycles. The lowest BCUT2D eigenvalue weighted by atomic mass is 9.88. The molecule has 1 aliphatic heterocycles. The Morgan fingerprint density at radius 3 is 2.84 bits per heavy atom. The average Bonchev–Trinajstić information content (AvgIpc) is 2.59. The molecule has 1 aliphatic rings. The summed E-state index contributed by atoms with van der Waals surface area (Å²) in [6.07, 6.45) is -1.93. The molecule has 0 bridgehead atoms. The molecule has 1 amide bonds. The van der Waals surface area contributed by atoms with Gasteiger partial charge in [-0.3, -0.25) is 9.48 Å². The number of aromatic nitrogens is 2. The summed E-state index contributed by atoms with van der Waals surface area (Å²) in [6, 6.07) is 0. The smallest absolute Gasteiger partial charge is 0.323 e. The Bertz CT molecular complexity index is 453. The van der Waals surface area contributed by atoms with Crippen LogP contribution in [0.1, 0.15) is 6.92 Å². The fourth-order valence-corrected chi connectivity index (χ4v) is 1.83. The summed E-state index contributed by atoms with van der Waals surface area (Å²) >= 11 is 0. The largest absolute Gasteiger partial charge is 0.408 e. The van der Waals surface area contributed by atoms with Crippen molar-refractivity contribution in [3.8, 4) is 0 Å². The van der Waals surface area contributed by atoms with Crippen LogP contribution in [0.5, 0.6) is 0 Å². The van der Waals surface area contributed by atoms with Crippen LogP contribution < -0.4 is 10.6 Å². The van der Waals surface area contributed by atoms with Gasteiger partial charge in [0.25, 0.3) is 0 Å². The van der Waals surface area contributed by atoms with Crippen molar-refractivity contribution in [2.24, 2.45) is 11.8 Å². The van der Waals surface area contributed by atoms with Crippen molar-refractivity contribution in [2.75, 3.05) is 18.4 Å². The Kier molecular flexibility index (Phi) is 3.79. The zero-order valence-electron chi connectivity index (χ0n) is 10.4. The number of hydrogen-bond acceptors (Lipinski definition) is 3. The second kappa shape index (κ2) is 5.20. The Labute approximate surface area is 108 Å². The number of nitrogens with one attached hydrogen (secondary N) is 2. The molecule has 1 aromatic rings. The number of nitrogens with zero attached hydrogens (tertiary/aromatic N) is 2. The molecular formula is C11H15F3N4O. The lowest BCUT2D eigenvalue weighted by molar-refractivity contribution is -0.142. The van der Waals surface area contributed by atoms with Crippen molar-refractivity contribution in [3.05, 3.63) is 12.4 Å². The predicted molar refractivity (Wildman–Crippen MR) is 62.4 cm³/mol. The lowest BCUT2D eigenvalue weighted by Crippen LogP contribution is -2.48. The van der Waals surface area contributed by atoms with Crippen molar-refractivity contribution in [1.82, 2.24) is 15.1 Å². The Hall–Kier alpha value is -1.57. The summed E-state index contributed by atoms with van der Waals surface area (Å²) in [6.45, 7) is 2.23. The first-order chi connectivity index (χ1) is 8.85. The maximum atomic E-state index is 12.1. The van der Waals surface area contributed by atoms with E-state index in [0.717, 1.165) is 17.8 Å². The zero-order valence-corrected chi connectivity index (χ0v) is 10.4. The van der Waals surface area contributed by atoms with Crippen LogP contribution in [0.2, 0.25) is 0 Å². The second-order valence-electron chi connectivity index (χ2n) is 4.74. The number of hydrogen-bond donors (Lipinski definition) is 2. The molecule has 0 spiro atoms. The first-order valence-corrected chi connectivity index (χ1v) is 5.96. The molecule has 106 valence electrons. The highest BCUT2D eigenvalue weighted by Gasteiger charge is 2.30. The van der Waals surface area contributed by atoms with Crippen molar-refractivity contribution in [3.63, 3.8) is 0 Å². The summed E-state index contributed by atoms with van der Waals surface area (Å²) in [5.41, 5.74) is 0.286. The molecule has 2 rings (SSSR count). The van der Waals surface area contributed by atoms with Crippen molar-refractivity contribution >= 4 is 11.6 Å². The minimum absolute atomic E-state index is 0.174. The third-order valence-corrected chi connectivity index (χ3v) is 3.18. The van der Waals surface area contributed by atoms with E-state index in [1.165, 1.54) is 12.4 Å². The van der Waals surface area contributed by atoms with Crippen LogP contribution in [0.3, 0.4) is 0 Å². The van der Waals surface area contributed by atoms with Crippen LogP contribution in [-0.2, 0) is 11.3 Å². The third-order valence-electron chi connectivity index (χ3n) is 3.18. The van der Waals surface area contributed by atoms with Crippen molar-refractivity contribution in [1.29, 1.82) is 0 Å². The molecule has 1 fully saturated rings. The fourth-order valence-electron chi connectivity index (χ4n) is 1.83. The van der Waals surface area contributed by atoms with Gasteiger partial charge in [-0.1, -0.05) is 6.92 Å². The highest BCUT2D eigenvalue weighted by Crippen LogP contribution is 2.20. The van der Waals surface area contributed by atoms with E-state index < -0.39 is 12.7 Å². The van der Waals surface area contributed by atoms with E-state index >= 15 is 0 Å². The quantitative estimate of drug-likeness (QED) is 0.870. The van der Waals surface area contributed by atoms with Gasteiger partial charge in [-0.15, -0.1) is 0 Å². The molecule has 2 N–H and O–H groups in total. The van der Waals surface area contributed by atoms with Crippen LogP contribution in [-0.4, -0.2) is 35.0 Å². The summed E-state index contributed by atoms with van der Waals surface area (Å²) in [5, 5.41) is 9.21. The standard InChI is InChI=1S/C11H15F3N4O/c1-7(8-2-15-3-8)10(19)17-9-4-16-18(5-9)6-11(12,13)14/h4-5,7-8,15H,2-3,6H2,1H3,(H,17,19). The van der Waals surface area contributed by atoms with Gasteiger partial charge in [0.2, 0.25) is 5.91 Å². The summed E-state index contributed by atoms with van der Waals surface area (Å²) in [5.74, 6) is -0.0875. The number of halogens is 3. The van der Waals surface area contributed by atoms with Gasteiger partial charge < -0.3 is 10.6 Å². The van der Waals surface area contributed by atoms with E-state index in [-0.39, 0.29) is 23.4 Å². The van der Waals surface area contributed by atoms with E-state index in [0.29, 0.717) is 0 Å². The van der Waals surface area contributed by atoms with Gasteiger partial charge in [0, 0.05) is 12.1 Å². The van der Waals surface area contributed by atoms with E-state index in [9.17, 15) is 18.0 Å². The Morgan fingerprint density at radius 1 is 1.63 bits per heavy atom. The van der Waals surface area contributed by atoms with Gasteiger partial charge in [-0.25, -0.2) is 0 Å². The predicted octanol–water partition coefficient (Wildman–Crippen LogP) is 1.24. The molecule has 0 saturated carbocycles. The molecule has 1 unspecified atom stereocenters. The van der Waals surface area contributed by atoms with Gasteiger partial charge in [-0.05, 0) is 19.0 Å². The van der Waals surface area contributed by atoms with E-state index in [2.05, 4.69) is 15.7 Å². The van der Waals surface area contributed by atoms with Crippen molar-refractivity contribution < 1.29 is 18.0 Å². The van der Waals surface area contributed by atoms with Gasteiger partial charge in [0.05, 0.1) is 11.9 Å². The molecule has 0 aromatic carbocycles. The van der Waals surface area contributed by atoms with E-state index in [4.69, 9.17) is 0 Å². The molecule has 8 heteroatoms. The SMILES string of the molecule is CC(C(=O)Nc1cnn(CC(F)(F)F)c1)C1CNC1. The molecule has 1 aromatic heterocycles. The van der Waals surface area contributed by atoms with E-state index in [1.807, 2.05) is 0 Å². The maximum Gasteiger partial charge on any atom is 0.408 e. The maximum absolute atomic E-state index is 12.1. The number of amides is 1. The molecule has 5 nitrogen and oxygen atoms in total. The highest BCUT2D eigenvalue weighted by atomic mass is 19.4. The second-order valence-corrected chi connectivity index (χ2v) is 4.74. The van der Waals surface area contributed by atoms with Crippen LogP contribution in [0.4, 0.5) is 18.9 Å². The highest BCUT2D eigenvalue weighted by molar-refractivity contribution is 5.92. The third kappa shape index (κ3) is 3.69. The van der Waals surface area contributed by atoms with Crippen LogP contribution >= 0.6 is 0 Å². The summed E-state index contributed by atoms with van der Waals surface area (Å²) < 4.78 is 37.2. The molecule has 0 aliphatic carbocycles. The monoisotopic (exact) mass is 276 g/mol. The molecule has 0 radical (unpaired) electrons. The average molecular weight is 276 g/mol. The molecule has 19 heavy (non-hydrogen) atoms. The normalized spacial score (nSPS) is 17.9. The minimum atomic E-state index is -4.32. The van der Waals surface area contributed by atoms with Gasteiger partial charge >= 0.3 is 6.18 Å². The zero-order chi connectivity index (χ0) is 14.0. The van der Waals surface area contributed by atoms with E-state index in [1.54, 1.807) is 6.92 Å². The number of carbonyl (C=O) groups is 1. The number of alkyl halides is 3. The Morgan fingerprint density at radius 2 is 2.32 bits per heavy atom. The summed E-state index contributed by atoms with van der Waals surface area (Å²) in [7, 11) is 0. The fraction of sp³-hybridized carbons (Fsp3) is 0.636. The van der Waals surface area contributed by atoms with Crippen molar-refractivity contribution in [2.45, 2.75) is 19.6 Å². The van der Waals surface area contributed by atoms with Gasteiger partial charge in [0.1, 0.15) is 6.54 Å². The van der Waals surface area contributed by atoms with Gasteiger partial charge in [-0.2, -0.15) is 18.3 Å². The molecule has 1 atom stereocenters. The number of rotatable bonds is 4. The topological polar surface area (TPSA) is 59.0 Å². The first kappa shape index (κ1) is 13.9. The number of carbonyl (C=O) groups excluding carboxylic acids is 1. The number of anilines is 1. The first-order valence-electron chi connectivity index (χ1n) is 5.96. The summed E-state index contributed by atoms with van der Waals surface area (Å²) in [4.78, 5) is 11.8. The Balaban J connectivity index is 1.90. The van der Waals surface area contributed by atoms with Crippen LogP contribution in [0, 0.1) is 11.8 Å². The van der Waals surface area contributed by atoms with Crippen LogP contribution in [0.25, 0.3) is 0 Å². The van der Waals surface area contributed by atoms with Gasteiger partial charge in [0.15, 0.2) is 0 Å². The minimum Gasteiger partial charge on any atom is -0.323 e.